The average Bonchev–Trinajstić information content (AvgIpc) is 2.93. The van der Waals surface area contributed by atoms with E-state index >= 15 is 0 Å². The highest BCUT2D eigenvalue weighted by atomic mass is 15.3. The second-order valence-electron chi connectivity index (χ2n) is 10.6. The minimum atomic E-state index is 0.784. The predicted molar refractivity (Wildman–Crippen MR) is 165 cm³/mol. The number of hydrogen-bond acceptors (Lipinski definition) is 5. The van der Waals surface area contributed by atoms with Crippen molar-refractivity contribution in [3.63, 3.8) is 0 Å². The van der Waals surface area contributed by atoms with Gasteiger partial charge in [0.2, 0.25) is 0 Å². The Morgan fingerprint density at radius 3 is 2.50 bits per heavy atom. The van der Waals surface area contributed by atoms with E-state index in [9.17, 15) is 0 Å². The van der Waals surface area contributed by atoms with Crippen molar-refractivity contribution in [2.75, 3.05) is 33.2 Å². The Labute approximate surface area is 231 Å². The van der Waals surface area contributed by atoms with E-state index in [1.165, 1.54) is 55.5 Å². The number of unbranched alkanes of at least 4 members (excludes halogenated alkanes) is 1. The standard InChI is InChI=1S/C23H29N5.C10H20/c1-4-17(2)14-20(24-3)21-15-22(18-6-5-7-18)28-16-19(8-9-23(28)26-21)27-12-10-25-11-13-27;1-5-7-8-10(4)9(3)6-2/h4,8-9,14-16,25H,1,5-7,10-13H2,2-3H3;8-9H,5-7H2,1-4H3/b17-14+,24-20?;10-8-. The normalized spacial score (nSPS) is 21.0. The second-order valence-corrected chi connectivity index (χ2v) is 10.6. The van der Waals surface area contributed by atoms with E-state index in [1.807, 2.05) is 20.0 Å². The molecule has 1 saturated heterocycles. The predicted octanol–water partition coefficient (Wildman–Crippen LogP) is 7.32. The van der Waals surface area contributed by atoms with Crippen LogP contribution in [0.15, 0.2) is 93.0 Å². The van der Waals surface area contributed by atoms with Gasteiger partial charge in [0.1, 0.15) is 5.84 Å². The van der Waals surface area contributed by atoms with Gasteiger partial charge in [0, 0.05) is 45.1 Å². The van der Waals surface area contributed by atoms with Crippen LogP contribution < -0.4 is 5.32 Å². The van der Waals surface area contributed by atoms with Crippen molar-refractivity contribution >= 4 is 11.5 Å². The Balaban J connectivity index is 0.000000342. The quantitative estimate of drug-likeness (QED) is 0.209. The summed E-state index contributed by atoms with van der Waals surface area (Å²) in [5, 5.41) is 3.43. The summed E-state index contributed by atoms with van der Waals surface area (Å²) in [5.74, 6) is 1.75. The van der Waals surface area contributed by atoms with Gasteiger partial charge in [-0.25, -0.2) is 4.99 Å². The van der Waals surface area contributed by atoms with Crippen molar-refractivity contribution in [1.29, 1.82) is 0 Å². The average molecular weight is 516 g/mol. The van der Waals surface area contributed by atoms with Gasteiger partial charge in [-0.1, -0.05) is 51.5 Å². The van der Waals surface area contributed by atoms with Crippen molar-refractivity contribution in [2.24, 2.45) is 15.9 Å². The number of rotatable bonds is 8. The van der Waals surface area contributed by atoms with E-state index in [2.05, 4.69) is 91.0 Å². The molecule has 0 aromatic rings. The van der Waals surface area contributed by atoms with Crippen LogP contribution in [0.25, 0.3) is 0 Å². The third-order valence-corrected chi connectivity index (χ3v) is 7.82. The number of amidine groups is 1. The molecule has 206 valence electrons. The third kappa shape index (κ3) is 7.80. The molecule has 3 heterocycles. The molecule has 4 rings (SSSR count). The van der Waals surface area contributed by atoms with Crippen molar-refractivity contribution in [3.8, 4) is 0 Å². The summed E-state index contributed by atoms with van der Waals surface area (Å²) >= 11 is 0. The summed E-state index contributed by atoms with van der Waals surface area (Å²) in [6, 6.07) is 0. The minimum absolute atomic E-state index is 0.784. The summed E-state index contributed by atoms with van der Waals surface area (Å²) in [4.78, 5) is 14.1. The van der Waals surface area contributed by atoms with Gasteiger partial charge in [-0.15, -0.1) is 0 Å². The van der Waals surface area contributed by atoms with Crippen LogP contribution >= 0.6 is 0 Å². The molecule has 3 aliphatic heterocycles. The van der Waals surface area contributed by atoms with E-state index in [1.54, 1.807) is 5.57 Å². The van der Waals surface area contributed by atoms with Gasteiger partial charge in [-0.3, -0.25) is 9.89 Å². The van der Waals surface area contributed by atoms with E-state index in [0.717, 1.165) is 54.9 Å². The molecule has 1 N–H and O–H groups in total. The Morgan fingerprint density at radius 1 is 1.18 bits per heavy atom. The first-order valence-electron chi connectivity index (χ1n) is 14.5. The lowest BCUT2D eigenvalue weighted by Crippen LogP contribution is -2.44. The lowest BCUT2D eigenvalue weighted by molar-refractivity contribution is 0.303. The zero-order valence-corrected chi connectivity index (χ0v) is 24.7. The first-order chi connectivity index (χ1) is 18.4. The first kappa shape index (κ1) is 29.6. The minimum Gasteiger partial charge on any atom is -0.368 e. The van der Waals surface area contributed by atoms with E-state index in [-0.39, 0.29) is 0 Å². The number of piperazine rings is 1. The number of allylic oxidation sites excluding steroid dienone is 8. The number of nitrogens with one attached hydrogen (secondary N) is 1. The molecule has 5 nitrogen and oxygen atoms in total. The van der Waals surface area contributed by atoms with Crippen LogP contribution in [0, 0.1) is 5.92 Å². The van der Waals surface area contributed by atoms with Crippen molar-refractivity contribution in [3.05, 3.63) is 83.0 Å². The summed E-state index contributed by atoms with van der Waals surface area (Å²) in [5.41, 5.74) is 8.51. The molecule has 0 aromatic carbocycles. The van der Waals surface area contributed by atoms with Gasteiger partial charge in [0.05, 0.1) is 17.1 Å². The Hall–Kier alpha value is -2.92. The summed E-state index contributed by atoms with van der Waals surface area (Å²) in [6.07, 6.45) is 22.5. The van der Waals surface area contributed by atoms with Crippen molar-refractivity contribution < 1.29 is 0 Å². The molecule has 2 fully saturated rings. The maximum absolute atomic E-state index is 4.93. The fraction of sp³-hybridized carbons (Fsp3) is 0.515. The van der Waals surface area contributed by atoms with Crippen molar-refractivity contribution in [2.45, 2.75) is 73.1 Å². The number of nitrogens with zero attached hydrogens (tertiary/aromatic N) is 4. The highest BCUT2D eigenvalue weighted by Crippen LogP contribution is 2.35. The molecular weight excluding hydrogens is 466 g/mol. The summed E-state index contributed by atoms with van der Waals surface area (Å²) < 4.78 is 0. The second kappa shape index (κ2) is 14.9. The molecular formula is C33H49N5. The van der Waals surface area contributed by atoms with Gasteiger partial charge >= 0.3 is 0 Å². The van der Waals surface area contributed by atoms with Crippen LogP contribution in [-0.4, -0.2) is 54.6 Å². The van der Waals surface area contributed by atoms with Crippen molar-refractivity contribution in [1.82, 2.24) is 15.1 Å². The number of hydrogen-bond donors (Lipinski definition) is 1. The smallest absolute Gasteiger partial charge is 0.137 e. The fourth-order valence-electron chi connectivity index (χ4n) is 4.67. The maximum atomic E-state index is 4.93. The molecule has 1 unspecified atom stereocenters. The molecule has 38 heavy (non-hydrogen) atoms. The van der Waals surface area contributed by atoms with Crippen LogP contribution in [0.3, 0.4) is 0 Å². The Bertz CT molecular complexity index is 1080. The zero-order chi connectivity index (χ0) is 27.5. The van der Waals surface area contributed by atoms with Gasteiger partial charge in [0.25, 0.3) is 0 Å². The molecule has 1 aliphatic carbocycles. The van der Waals surface area contributed by atoms with Crippen LogP contribution in [0.2, 0.25) is 0 Å². The highest BCUT2D eigenvalue weighted by Gasteiger charge is 2.27. The summed E-state index contributed by atoms with van der Waals surface area (Å²) in [7, 11) is 1.82. The van der Waals surface area contributed by atoms with Crippen LogP contribution in [0.1, 0.15) is 73.1 Å². The molecule has 0 amide bonds. The Morgan fingerprint density at radius 2 is 1.92 bits per heavy atom. The van der Waals surface area contributed by atoms with Gasteiger partial charge in [-0.05, 0) is 87.3 Å². The highest BCUT2D eigenvalue weighted by molar-refractivity contribution is 6.12. The molecule has 5 heteroatoms. The first-order valence-corrected chi connectivity index (χ1v) is 14.5. The van der Waals surface area contributed by atoms with E-state index < -0.39 is 0 Å². The van der Waals surface area contributed by atoms with Gasteiger partial charge in [0.15, 0.2) is 0 Å². The topological polar surface area (TPSA) is 43.2 Å². The van der Waals surface area contributed by atoms with E-state index in [4.69, 9.17) is 4.99 Å². The lowest BCUT2D eigenvalue weighted by atomic mass is 9.89. The lowest BCUT2D eigenvalue weighted by Gasteiger charge is -2.37. The molecule has 0 spiro atoms. The molecule has 0 bridgehead atoms. The molecule has 4 aliphatic rings. The zero-order valence-electron chi connectivity index (χ0n) is 24.7. The number of fused-ring (bicyclic) bond motifs is 1. The fourth-order valence-corrected chi connectivity index (χ4v) is 4.67. The monoisotopic (exact) mass is 515 g/mol. The molecule has 0 aromatic heterocycles. The van der Waals surface area contributed by atoms with Gasteiger partial charge < -0.3 is 10.2 Å². The van der Waals surface area contributed by atoms with Crippen LogP contribution in [0.5, 0.6) is 0 Å². The Kier molecular flexibility index (Phi) is 11.6. The molecule has 0 radical (unpaired) electrons. The number of aliphatic imine (C=N–C) groups is 2. The molecule has 1 saturated carbocycles. The van der Waals surface area contributed by atoms with Crippen LogP contribution in [-0.2, 0) is 0 Å². The maximum Gasteiger partial charge on any atom is 0.137 e. The van der Waals surface area contributed by atoms with E-state index in [0.29, 0.717) is 0 Å². The SMILES string of the molecule is C=C/C(C)=C/C(=NC)C1=CC(=C2CCC2)N2C=C(N3CCNCC3)C=CC2=N1.CCC/C=C(/C)C(C)CC. The largest absolute Gasteiger partial charge is 0.368 e. The third-order valence-electron chi connectivity index (χ3n) is 7.82. The van der Waals surface area contributed by atoms with Gasteiger partial charge in [-0.2, -0.15) is 0 Å². The summed E-state index contributed by atoms with van der Waals surface area (Å²) in [6.45, 7) is 19.1. The molecule has 1 atom stereocenters. The van der Waals surface area contributed by atoms with Crippen LogP contribution in [0.4, 0.5) is 0 Å².